The first kappa shape index (κ1) is 27.4. The van der Waals surface area contributed by atoms with Crippen molar-refractivity contribution in [3.05, 3.63) is 0 Å². The molecular formula is C19H30N4O8S. The SMILES string of the molecule is CC1CCN(C(=O)C(=O)CSCC(NC(=O)CCC(N)C(=O)O)C(=O)N(C)C(=O)O)CC1. The highest BCUT2D eigenvalue weighted by molar-refractivity contribution is 8.00. The largest absolute Gasteiger partial charge is 0.480 e. The number of amides is 4. The Morgan fingerprint density at radius 2 is 1.75 bits per heavy atom. The molecule has 180 valence electrons. The second-order valence-corrected chi connectivity index (χ2v) is 8.73. The molecule has 2 unspecified atom stereocenters. The molecule has 0 aromatic rings. The van der Waals surface area contributed by atoms with Crippen LogP contribution in [-0.2, 0) is 24.0 Å². The van der Waals surface area contributed by atoms with Crippen molar-refractivity contribution >= 4 is 47.3 Å². The number of likely N-dealkylation sites (tertiary alicyclic amines) is 1. The van der Waals surface area contributed by atoms with Gasteiger partial charge in [0.1, 0.15) is 12.1 Å². The number of rotatable bonds is 11. The second kappa shape index (κ2) is 13.0. The smallest absolute Gasteiger partial charge is 0.413 e. The van der Waals surface area contributed by atoms with Gasteiger partial charge in [-0.15, -0.1) is 0 Å². The van der Waals surface area contributed by atoms with Gasteiger partial charge >= 0.3 is 12.1 Å². The third-order valence-corrected chi connectivity index (χ3v) is 6.11. The van der Waals surface area contributed by atoms with E-state index in [1.54, 1.807) is 0 Å². The van der Waals surface area contributed by atoms with E-state index in [1.165, 1.54) is 4.90 Å². The number of hydrogen-bond donors (Lipinski definition) is 4. The zero-order chi connectivity index (χ0) is 24.4. The molecule has 0 aromatic carbocycles. The number of carbonyl (C=O) groups is 6. The minimum Gasteiger partial charge on any atom is -0.480 e. The maximum Gasteiger partial charge on any atom is 0.413 e. The third kappa shape index (κ3) is 8.83. The van der Waals surface area contributed by atoms with Gasteiger partial charge in [0.15, 0.2) is 0 Å². The van der Waals surface area contributed by atoms with Crippen LogP contribution in [0.1, 0.15) is 32.6 Å². The first-order valence-electron chi connectivity index (χ1n) is 10.1. The van der Waals surface area contributed by atoms with Crippen LogP contribution in [-0.4, -0.2) is 99.3 Å². The fourth-order valence-corrected chi connectivity index (χ4v) is 3.79. The number of nitrogens with one attached hydrogen (secondary N) is 1. The predicted molar refractivity (Wildman–Crippen MR) is 115 cm³/mol. The van der Waals surface area contributed by atoms with Gasteiger partial charge in [0.05, 0.1) is 5.75 Å². The molecule has 0 radical (unpaired) electrons. The van der Waals surface area contributed by atoms with E-state index in [9.17, 15) is 28.8 Å². The van der Waals surface area contributed by atoms with Crippen LogP contribution in [0.4, 0.5) is 4.79 Å². The van der Waals surface area contributed by atoms with Gasteiger partial charge in [-0.05, 0) is 25.2 Å². The number of imide groups is 1. The van der Waals surface area contributed by atoms with Crippen molar-refractivity contribution in [1.29, 1.82) is 0 Å². The maximum atomic E-state index is 12.4. The Kier molecular flexibility index (Phi) is 11.1. The molecule has 4 amide bonds. The van der Waals surface area contributed by atoms with Crippen LogP contribution in [0.15, 0.2) is 0 Å². The van der Waals surface area contributed by atoms with Gasteiger partial charge in [-0.1, -0.05) is 6.92 Å². The van der Waals surface area contributed by atoms with E-state index in [0.29, 0.717) is 23.9 Å². The lowest BCUT2D eigenvalue weighted by molar-refractivity contribution is -0.144. The van der Waals surface area contributed by atoms with E-state index in [1.807, 2.05) is 0 Å². The standard InChI is InChI=1S/C19H30N4O8S/c1-11-5-7-23(8-6-11)17(27)14(24)10-32-9-13(16(26)22(2)19(30)31)21-15(25)4-3-12(20)18(28)29/h11-13H,3-10,20H2,1-2H3,(H,21,25)(H,28,29)(H,30,31). The van der Waals surface area contributed by atoms with Crippen molar-refractivity contribution in [2.24, 2.45) is 11.7 Å². The molecule has 12 nitrogen and oxygen atoms in total. The van der Waals surface area contributed by atoms with Crippen LogP contribution in [0, 0.1) is 5.92 Å². The maximum absolute atomic E-state index is 12.4. The topological polar surface area (TPSA) is 187 Å². The van der Waals surface area contributed by atoms with Gasteiger partial charge in [0.25, 0.3) is 11.8 Å². The Hall–Kier alpha value is -2.67. The highest BCUT2D eigenvalue weighted by Gasteiger charge is 2.29. The number of ketones is 1. The molecule has 1 aliphatic heterocycles. The summed E-state index contributed by atoms with van der Waals surface area (Å²) in [6.45, 7) is 3.10. The summed E-state index contributed by atoms with van der Waals surface area (Å²) in [5.41, 5.74) is 5.34. The van der Waals surface area contributed by atoms with Crippen molar-refractivity contribution in [1.82, 2.24) is 15.1 Å². The first-order chi connectivity index (χ1) is 14.9. The van der Waals surface area contributed by atoms with Crippen molar-refractivity contribution in [3.8, 4) is 0 Å². The van der Waals surface area contributed by atoms with E-state index < -0.39 is 47.7 Å². The molecule has 13 heteroatoms. The molecule has 1 saturated heterocycles. The number of carboxylic acids is 1. The molecule has 0 aliphatic carbocycles. The molecule has 5 N–H and O–H groups in total. The summed E-state index contributed by atoms with van der Waals surface area (Å²) in [6.07, 6.45) is -0.351. The van der Waals surface area contributed by atoms with Crippen molar-refractivity contribution in [2.75, 3.05) is 31.6 Å². The van der Waals surface area contributed by atoms with Gasteiger partial charge < -0.3 is 26.2 Å². The molecule has 1 aliphatic rings. The number of thioether (sulfide) groups is 1. The van der Waals surface area contributed by atoms with Gasteiger partial charge in [0.2, 0.25) is 11.7 Å². The van der Waals surface area contributed by atoms with Gasteiger partial charge in [0, 0.05) is 32.3 Å². The molecular weight excluding hydrogens is 444 g/mol. The molecule has 2 atom stereocenters. The zero-order valence-electron chi connectivity index (χ0n) is 18.1. The highest BCUT2D eigenvalue weighted by atomic mass is 32.2. The Morgan fingerprint density at radius 1 is 1.16 bits per heavy atom. The number of nitrogens with two attached hydrogens (primary N) is 1. The van der Waals surface area contributed by atoms with Crippen LogP contribution in [0.25, 0.3) is 0 Å². The van der Waals surface area contributed by atoms with Gasteiger partial charge in [-0.25, -0.2) is 9.69 Å². The van der Waals surface area contributed by atoms with Gasteiger partial charge in [-0.3, -0.25) is 24.0 Å². The molecule has 0 bridgehead atoms. The molecule has 1 heterocycles. The Balaban J connectivity index is 2.65. The summed E-state index contributed by atoms with van der Waals surface area (Å²) < 4.78 is 0. The Bertz CT molecular complexity index is 739. The fourth-order valence-electron chi connectivity index (χ4n) is 2.90. The van der Waals surface area contributed by atoms with Crippen molar-refractivity contribution < 1.29 is 39.0 Å². The van der Waals surface area contributed by atoms with Crippen LogP contribution in [0.5, 0.6) is 0 Å². The normalized spacial score (nSPS) is 16.0. The van der Waals surface area contributed by atoms with Crippen LogP contribution in [0.2, 0.25) is 0 Å². The van der Waals surface area contributed by atoms with E-state index in [0.717, 1.165) is 31.7 Å². The van der Waals surface area contributed by atoms with E-state index in [2.05, 4.69) is 12.2 Å². The van der Waals surface area contributed by atoms with Crippen LogP contribution in [0.3, 0.4) is 0 Å². The Labute approximate surface area is 189 Å². The second-order valence-electron chi connectivity index (χ2n) is 7.70. The quantitative estimate of drug-likeness (QED) is 0.280. The highest BCUT2D eigenvalue weighted by Crippen LogP contribution is 2.17. The summed E-state index contributed by atoms with van der Waals surface area (Å²) in [5, 5.41) is 20.1. The zero-order valence-corrected chi connectivity index (χ0v) is 18.9. The summed E-state index contributed by atoms with van der Waals surface area (Å²) in [6, 6.07) is -2.54. The fraction of sp³-hybridized carbons (Fsp3) is 0.684. The van der Waals surface area contributed by atoms with Crippen LogP contribution >= 0.6 is 11.8 Å². The number of piperidine rings is 1. The average molecular weight is 475 g/mol. The minimum absolute atomic E-state index is 0.150. The summed E-state index contributed by atoms with van der Waals surface area (Å²) in [7, 11) is 1.01. The number of nitrogens with zero attached hydrogens (tertiary/aromatic N) is 2. The lowest BCUT2D eigenvalue weighted by atomic mass is 9.99. The number of aliphatic carboxylic acids is 1. The number of hydrogen-bond acceptors (Lipinski definition) is 8. The number of carbonyl (C=O) groups excluding carboxylic acids is 4. The monoisotopic (exact) mass is 474 g/mol. The summed E-state index contributed by atoms with van der Waals surface area (Å²) in [5.74, 6) is -4.01. The molecule has 0 saturated carbocycles. The minimum atomic E-state index is -1.53. The number of Topliss-reactive ketones (excluding diaryl/α,β-unsaturated/α-hetero) is 1. The van der Waals surface area contributed by atoms with Crippen molar-refractivity contribution in [2.45, 2.75) is 44.7 Å². The predicted octanol–water partition coefficient (Wildman–Crippen LogP) is -0.639. The van der Waals surface area contributed by atoms with E-state index in [-0.39, 0.29) is 24.3 Å². The molecule has 0 spiro atoms. The Morgan fingerprint density at radius 3 is 2.28 bits per heavy atom. The number of likely N-dealkylation sites (N-methyl/N-ethyl adjacent to an activating group) is 1. The summed E-state index contributed by atoms with van der Waals surface area (Å²) >= 11 is 0.920. The average Bonchev–Trinajstić information content (AvgIpc) is 2.75. The molecule has 1 rings (SSSR count). The van der Waals surface area contributed by atoms with E-state index >= 15 is 0 Å². The van der Waals surface area contributed by atoms with E-state index in [4.69, 9.17) is 15.9 Å². The molecule has 0 aromatic heterocycles. The third-order valence-electron chi connectivity index (χ3n) is 5.08. The lowest BCUT2D eigenvalue weighted by Crippen LogP contribution is -2.50. The first-order valence-corrected chi connectivity index (χ1v) is 11.3. The lowest BCUT2D eigenvalue weighted by Gasteiger charge is -2.29. The molecule has 32 heavy (non-hydrogen) atoms. The number of carboxylic acid groups (broad SMARTS) is 2. The summed E-state index contributed by atoms with van der Waals surface area (Å²) in [4.78, 5) is 72.7. The molecule has 1 fully saturated rings. The van der Waals surface area contributed by atoms with Crippen molar-refractivity contribution in [3.63, 3.8) is 0 Å². The van der Waals surface area contributed by atoms with Crippen LogP contribution < -0.4 is 11.1 Å². The van der Waals surface area contributed by atoms with Gasteiger partial charge in [-0.2, -0.15) is 11.8 Å².